The predicted octanol–water partition coefficient (Wildman–Crippen LogP) is 2.81. The molecule has 0 aromatic heterocycles. The van der Waals surface area contributed by atoms with E-state index < -0.39 is 5.91 Å². The van der Waals surface area contributed by atoms with Crippen LogP contribution in [0.15, 0.2) is 29.5 Å². The van der Waals surface area contributed by atoms with E-state index in [1.54, 1.807) is 6.07 Å². The number of thiocarbonyl (C=S) groups is 1. The summed E-state index contributed by atoms with van der Waals surface area (Å²) in [5, 5.41) is 11.9. The standard InChI is InChI=1S/C12H9Cl2N3OS/c1-6(16)9(5-15)12(19)17-11(18)8-4-7(13)2-3-10(8)14/h2-4H,16H2,1H3,(H,17,18,19). The minimum absolute atomic E-state index is 0.0431. The van der Waals surface area contributed by atoms with Crippen LogP contribution in [-0.2, 0) is 0 Å². The highest BCUT2D eigenvalue weighted by atomic mass is 35.5. The summed E-state index contributed by atoms with van der Waals surface area (Å²) in [7, 11) is 0. The van der Waals surface area contributed by atoms with Crippen LogP contribution < -0.4 is 11.1 Å². The number of carbonyl (C=O) groups is 1. The van der Waals surface area contributed by atoms with Crippen LogP contribution >= 0.6 is 35.4 Å². The lowest BCUT2D eigenvalue weighted by molar-refractivity contribution is 0.0978. The van der Waals surface area contributed by atoms with Gasteiger partial charge in [0.1, 0.15) is 16.6 Å². The van der Waals surface area contributed by atoms with Gasteiger partial charge in [-0.05, 0) is 25.1 Å². The monoisotopic (exact) mass is 313 g/mol. The largest absolute Gasteiger partial charge is 0.401 e. The number of nitrogens with one attached hydrogen (secondary N) is 1. The molecule has 0 saturated carbocycles. The zero-order chi connectivity index (χ0) is 14.6. The number of carbonyl (C=O) groups excluding carboxylic acids is 1. The molecule has 0 fully saturated rings. The van der Waals surface area contributed by atoms with Crippen LogP contribution in [0.4, 0.5) is 0 Å². The molecule has 1 rings (SSSR count). The molecular weight excluding hydrogens is 305 g/mol. The van der Waals surface area contributed by atoms with E-state index in [1.807, 2.05) is 6.07 Å². The summed E-state index contributed by atoms with van der Waals surface area (Å²) in [4.78, 5) is 11.9. The van der Waals surface area contributed by atoms with Crippen LogP contribution in [0.1, 0.15) is 17.3 Å². The van der Waals surface area contributed by atoms with Gasteiger partial charge < -0.3 is 11.1 Å². The lowest BCUT2D eigenvalue weighted by atomic mass is 10.2. The van der Waals surface area contributed by atoms with Gasteiger partial charge in [0.05, 0.1) is 10.6 Å². The number of allylic oxidation sites excluding steroid dienone is 1. The van der Waals surface area contributed by atoms with Crippen LogP contribution in [-0.4, -0.2) is 10.9 Å². The van der Waals surface area contributed by atoms with Gasteiger partial charge in [0.25, 0.3) is 5.91 Å². The van der Waals surface area contributed by atoms with E-state index in [9.17, 15) is 4.79 Å². The van der Waals surface area contributed by atoms with Crippen LogP contribution in [0.25, 0.3) is 0 Å². The topological polar surface area (TPSA) is 78.9 Å². The minimum Gasteiger partial charge on any atom is -0.401 e. The van der Waals surface area contributed by atoms with E-state index in [0.717, 1.165) is 0 Å². The number of amides is 1. The molecule has 1 aromatic rings. The van der Waals surface area contributed by atoms with Gasteiger partial charge in [0.15, 0.2) is 0 Å². The van der Waals surface area contributed by atoms with Crippen molar-refractivity contribution in [3.8, 4) is 6.07 Å². The lowest BCUT2D eigenvalue weighted by Gasteiger charge is -2.08. The number of benzene rings is 1. The van der Waals surface area contributed by atoms with Crippen molar-refractivity contribution in [2.45, 2.75) is 6.92 Å². The molecule has 4 nitrogen and oxygen atoms in total. The van der Waals surface area contributed by atoms with Gasteiger partial charge in [0, 0.05) is 10.7 Å². The molecule has 0 radical (unpaired) electrons. The van der Waals surface area contributed by atoms with Gasteiger partial charge in [-0.3, -0.25) is 4.79 Å². The van der Waals surface area contributed by atoms with Gasteiger partial charge in [0.2, 0.25) is 0 Å². The molecule has 0 atom stereocenters. The molecule has 1 amide bonds. The van der Waals surface area contributed by atoms with Crippen LogP contribution in [0.3, 0.4) is 0 Å². The van der Waals surface area contributed by atoms with Crippen molar-refractivity contribution in [1.29, 1.82) is 5.26 Å². The molecule has 0 bridgehead atoms. The van der Waals surface area contributed by atoms with Crippen molar-refractivity contribution in [3.63, 3.8) is 0 Å². The second-order valence-corrected chi connectivity index (χ2v) is 4.83. The Morgan fingerprint density at radius 3 is 2.63 bits per heavy atom. The maximum absolute atomic E-state index is 12.0. The Hall–Kier alpha value is -1.61. The molecule has 0 aliphatic heterocycles. The summed E-state index contributed by atoms with van der Waals surface area (Å²) in [6.45, 7) is 1.52. The maximum atomic E-state index is 12.0. The molecule has 1 aromatic carbocycles. The Kier molecular flexibility index (Phi) is 5.31. The van der Waals surface area contributed by atoms with E-state index in [1.165, 1.54) is 19.1 Å². The molecule has 0 heterocycles. The number of nitrogens with two attached hydrogens (primary N) is 1. The lowest BCUT2D eigenvalue weighted by Crippen LogP contribution is -2.31. The van der Waals surface area contributed by atoms with Crippen molar-refractivity contribution in [2.75, 3.05) is 0 Å². The first kappa shape index (κ1) is 15.4. The number of hydrogen-bond acceptors (Lipinski definition) is 4. The van der Waals surface area contributed by atoms with E-state index in [4.69, 9.17) is 46.4 Å². The highest BCUT2D eigenvalue weighted by molar-refractivity contribution is 7.80. The normalized spacial score (nSPS) is 11.3. The van der Waals surface area contributed by atoms with Crippen molar-refractivity contribution < 1.29 is 4.79 Å². The molecular formula is C12H9Cl2N3OS. The average Bonchev–Trinajstić information content (AvgIpc) is 2.32. The van der Waals surface area contributed by atoms with Gasteiger partial charge in [-0.25, -0.2) is 0 Å². The predicted molar refractivity (Wildman–Crippen MR) is 79.0 cm³/mol. The average molecular weight is 314 g/mol. The second-order valence-electron chi connectivity index (χ2n) is 3.58. The zero-order valence-corrected chi connectivity index (χ0v) is 12.2. The number of rotatable bonds is 2. The smallest absolute Gasteiger partial charge is 0.257 e. The molecule has 98 valence electrons. The number of nitriles is 1. The minimum atomic E-state index is -0.550. The summed E-state index contributed by atoms with van der Waals surface area (Å²) < 4.78 is 0. The fourth-order valence-corrected chi connectivity index (χ4v) is 1.90. The highest BCUT2D eigenvalue weighted by Gasteiger charge is 2.15. The van der Waals surface area contributed by atoms with E-state index >= 15 is 0 Å². The molecule has 19 heavy (non-hydrogen) atoms. The van der Waals surface area contributed by atoms with Crippen molar-refractivity contribution >= 4 is 46.3 Å². The Balaban J connectivity index is 2.99. The molecule has 3 N–H and O–H groups in total. The van der Waals surface area contributed by atoms with Crippen LogP contribution in [0, 0.1) is 11.3 Å². The fourth-order valence-electron chi connectivity index (χ4n) is 1.22. The van der Waals surface area contributed by atoms with Crippen molar-refractivity contribution in [2.24, 2.45) is 5.73 Å². The SMILES string of the molecule is CC(N)=C(C#N)C(=S)NC(=O)c1cc(Cl)ccc1Cl. The summed E-state index contributed by atoms with van der Waals surface area (Å²) in [5.74, 6) is -0.550. The third kappa shape index (κ3) is 3.93. The molecule has 0 spiro atoms. The molecule has 0 aliphatic rings. The van der Waals surface area contributed by atoms with Crippen molar-refractivity contribution in [1.82, 2.24) is 5.32 Å². The first-order valence-electron chi connectivity index (χ1n) is 5.04. The first-order chi connectivity index (χ1) is 8.86. The zero-order valence-electron chi connectivity index (χ0n) is 9.83. The summed E-state index contributed by atoms with van der Waals surface area (Å²) in [6.07, 6.45) is 0. The number of nitrogens with zero attached hydrogens (tertiary/aromatic N) is 1. The van der Waals surface area contributed by atoms with Crippen molar-refractivity contribution in [3.05, 3.63) is 45.1 Å². The van der Waals surface area contributed by atoms with E-state index in [0.29, 0.717) is 5.02 Å². The second kappa shape index (κ2) is 6.53. The molecule has 0 aliphatic carbocycles. The molecule has 7 heteroatoms. The third-order valence-corrected chi connectivity index (χ3v) is 3.00. The van der Waals surface area contributed by atoms with Gasteiger partial charge in [-0.1, -0.05) is 35.4 Å². The summed E-state index contributed by atoms with van der Waals surface area (Å²) in [5.41, 5.74) is 5.93. The van der Waals surface area contributed by atoms with Crippen LogP contribution in [0.2, 0.25) is 10.0 Å². The Bertz CT molecular complexity index is 616. The maximum Gasteiger partial charge on any atom is 0.257 e. The molecule has 0 unspecified atom stereocenters. The Labute approximate surface area is 125 Å². The molecule has 0 saturated heterocycles. The third-order valence-electron chi connectivity index (χ3n) is 2.13. The summed E-state index contributed by atoms with van der Waals surface area (Å²) >= 11 is 16.6. The Morgan fingerprint density at radius 1 is 1.47 bits per heavy atom. The van der Waals surface area contributed by atoms with Gasteiger partial charge in [-0.2, -0.15) is 5.26 Å². The highest BCUT2D eigenvalue weighted by Crippen LogP contribution is 2.20. The van der Waals surface area contributed by atoms with Crippen LogP contribution in [0.5, 0.6) is 0 Å². The quantitative estimate of drug-likeness (QED) is 0.500. The van der Waals surface area contributed by atoms with E-state index in [-0.39, 0.29) is 26.8 Å². The first-order valence-corrected chi connectivity index (χ1v) is 6.20. The van der Waals surface area contributed by atoms with E-state index in [2.05, 4.69) is 5.32 Å². The van der Waals surface area contributed by atoms with Gasteiger partial charge >= 0.3 is 0 Å². The number of halogens is 2. The van der Waals surface area contributed by atoms with Gasteiger partial charge in [-0.15, -0.1) is 0 Å². The Morgan fingerprint density at radius 2 is 2.11 bits per heavy atom. The summed E-state index contributed by atoms with van der Waals surface area (Å²) in [6, 6.07) is 6.29. The number of hydrogen-bond donors (Lipinski definition) is 2. The fraction of sp³-hybridized carbons (Fsp3) is 0.0833.